The Morgan fingerprint density at radius 2 is 1.92 bits per heavy atom. The molecule has 72 valence electrons. The molecule has 12 heavy (non-hydrogen) atoms. The van der Waals surface area contributed by atoms with E-state index in [-0.39, 0.29) is 0 Å². The van der Waals surface area contributed by atoms with Crippen LogP contribution < -0.4 is 0 Å². The van der Waals surface area contributed by atoms with Crippen LogP contribution in [0.2, 0.25) is 0 Å². The van der Waals surface area contributed by atoms with Crippen molar-refractivity contribution in [1.82, 2.24) is 4.90 Å². The van der Waals surface area contributed by atoms with Crippen molar-refractivity contribution in [3.63, 3.8) is 0 Å². The van der Waals surface area contributed by atoms with E-state index >= 15 is 0 Å². The van der Waals surface area contributed by atoms with Crippen LogP contribution in [-0.4, -0.2) is 29.3 Å². The lowest BCUT2D eigenvalue weighted by atomic mass is 10.2. The van der Waals surface area contributed by atoms with Crippen LogP contribution in [0.15, 0.2) is 0 Å². The first-order chi connectivity index (χ1) is 5.61. The van der Waals surface area contributed by atoms with E-state index in [1.807, 2.05) is 13.8 Å². The van der Waals surface area contributed by atoms with Crippen LogP contribution >= 0.6 is 0 Å². The van der Waals surface area contributed by atoms with Crippen LogP contribution in [0.25, 0.3) is 0 Å². The number of hydrogen-bond donors (Lipinski definition) is 0. The lowest BCUT2D eigenvalue weighted by Crippen LogP contribution is -2.33. The molecule has 1 rings (SSSR count). The van der Waals surface area contributed by atoms with Crippen LogP contribution in [0.5, 0.6) is 0 Å². The fourth-order valence-electron chi connectivity index (χ4n) is 1.56. The number of likely N-dealkylation sites (tertiary alicyclic amines) is 1. The maximum absolute atomic E-state index is 10.9. The normalized spacial score (nSPS) is 24.2. The highest BCUT2D eigenvalue weighted by Crippen LogP contribution is 2.15. The van der Waals surface area contributed by atoms with E-state index in [2.05, 4.69) is 25.7 Å². The highest BCUT2D eigenvalue weighted by molar-refractivity contribution is 5.83. The van der Waals surface area contributed by atoms with E-state index in [1.54, 1.807) is 0 Å². The van der Waals surface area contributed by atoms with Gasteiger partial charge in [0.05, 0.1) is 6.54 Å². The first-order valence-electron chi connectivity index (χ1n) is 4.88. The fraction of sp³-hybridized carbons (Fsp3) is 0.900. The molecule has 0 aromatic carbocycles. The van der Waals surface area contributed by atoms with E-state index < -0.39 is 0 Å². The second kappa shape index (κ2) is 5.31. The molecule has 1 unspecified atom stereocenters. The van der Waals surface area contributed by atoms with Gasteiger partial charge >= 0.3 is 0 Å². The minimum Gasteiger partial charge on any atom is -0.298 e. The van der Waals surface area contributed by atoms with E-state index in [1.165, 1.54) is 0 Å². The van der Waals surface area contributed by atoms with Crippen molar-refractivity contribution in [2.24, 2.45) is 0 Å². The molecule has 1 atom stereocenters. The van der Waals surface area contributed by atoms with Gasteiger partial charge in [-0.05, 0) is 20.8 Å². The van der Waals surface area contributed by atoms with Crippen molar-refractivity contribution < 1.29 is 4.79 Å². The summed E-state index contributed by atoms with van der Waals surface area (Å²) in [6.45, 7) is 11.0. The van der Waals surface area contributed by atoms with Crippen molar-refractivity contribution in [3.8, 4) is 0 Å². The number of ketones is 1. The average molecular weight is 171 g/mol. The molecule has 0 saturated carbocycles. The van der Waals surface area contributed by atoms with Gasteiger partial charge in [0.25, 0.3) is 0 Å². The standard InChI is InChI=1S/C8H15NO.C2H6/c1-6(2)9-5-8(10)4-7(9)3;1-2/h6-7H,4-5H2,1-3H3;1-2H3. The summed E-state index contributed by atoms with van der Waals surface area (Å²) in [4.78, 5) is 13.2. The monoisotopic (exact) mass is 171 g/mol. The Labute approximate surface area is 75.9 Å². The second-order valence-electron chi connectivity index (χ2n) is 3.36. The lowest BCUT2D eigenvalue weighted by molar-refractivity contribution is -0.117. The smallest absolute Gasteiger partial charge is 0.148 e. The molecule has 1 aliphatic rings. The van der Waals surface area contributed by atoms with Crippen molar-refractivity contribution >= 4 is 5.78 Å². The number of Topliss-reactive ketones (excluding diaryl/α,β-unsaturated/α-hetero) is 1. The number of rotatable bonds is 1. The Balaban J connectivity index is 0.000000561. The average Bonchev–Trinajstić information content (AvgIpc) is 2.34. The minimum absolute atomic E-state index is 0.390. The Bertz CT molecular complexity index is 143. The summed E-state index contributed by atoms with van der Waals surface area (Å²) < 4.78 is 0. The van der Waals surface area contributed by atoms with Gasteiger partial charge in [-0.1, -0.05) is 13.8 Å². The number of carbonyl (C=O) groups is 1. The molecule has 1 saturated heterocycles. The predicted molar refractivity (Wildman–Crippen MR) is 52.3 cm³/mol. The van der Waals surface area contributed by atoms with Gasteiger partial charge in [0.15, 0.2) is 0 Å². The zero-order valence-corrected chi connectivity index (χ0v) is 8.92. The van der Waals surface area contributed by atoms with Gasteiger partial charge in [-0.25, -0.2) is 0 Å². The molecule has 0 spiro atoms. The summed E-state index contributed by atoms with van der Waals surface area (Å²) in [7, 11) is 0. The van der Waals surface area contributed by atoms with Crippen molar-refractivity contribution in [3.05, 3.63) is 0 Å². The predicted octanol–water partition coefficient (Wildman–Crippen LogP) is 2.08. The van der Waals surface area contributed by atoms with Crippen molar-refractivity contribution in [1.29, 1.82) is 0 Å². The third kappa shape index (κ3) is 2.94. The molecule has 1 aliphatic heterocycles. The van der Waals surface area contributed by atoms with Crippen LogP contribution in [0.1, 0.15) is 41.0 Å². The van der Waals surface area contributed by atoms with E-state index in [4.69, 9.17) is 0 Å². The third-order valence-corrected chi connectivity index (χ3v) is 2.11. The van der Waals surface area contributed by atoms with Gasteiger partial charge in [0.1, 0.15) is 5.78 Å². The fourth-order valence-corrected chi connectivity index (χ4v) is 1.56. The Hall–Kier alpha value is -0.370. The van der Waals surface area contributed by atoms with Crippen LogP contribution in [0.4, 0.5) is 0 Å². The van der Waals surface area contributed by atoms with Crippen LogP contribution in [-0.2, 0) is 4.79 Å². The molecule has 2 nitrogen and oxygen atoms in total. The molecule has 0 N–H and O–H groups in total. The molecular formula is C10H21NO. The van der Waals surface area contributed by atoms with E-state index in [9.17, 15) is 4.79 Å². The van der Waals surface area contributed by atoms with E-state index in [0.29, 0.717) is 24.4 Å². The zero-order chi connectivity index (χ0) is 9.72. The summed E-state index contributed by atoms with van der Waals surface area (Å²) in [6, 6.07) is 0.981. The molecule has 0 radical (unpaired) electrons. The summed E-state index contributed by atoms with van der Waals surface area (Å²) >= 11 is 0. The molecule has 0 amide bonds. The molecule has 1 fully saturated rings. The largest absolute Gasteiger partial charge is 0.298 e. The highest BCUT2D eigenvalue weighted by Gasteiger charge is 2.28. The molecule has 0 aromatic heterocycles. The maximum Gasteiger partial charge on any atom is 0.148 e. The Kier molecular flexibility index (Phi) is 5.14. The maximum atomic E-state index is 10.9. The molecule has 1 heterocycles. The van der Waals surface area contributed by atoms with Gasteiger partial charge in [-0.2, -0.15) is 0 Å². The van der Waals surface area contributed by atoms with Crippen LogP contribution in [0.3, 0.4) is 0 Å². The first-order valence-corrected chi connectivity index (χ1v) is 4.88. The topological polar surface area (TPSA) is 20.3 Å². The molecular weight excluding hydrogens is 150 g/mol. The number of nitrogens with zero attached hydrogens (tertiary/aromatic N) is 1. The SMILES string of the molecule is CC.CC(C)N1CC(=O)CC1C. The Morgan fingerprint density at radius 1 is 1.42 bits per heavy atom. The van der Waals surface area contributed by atoms with Crippen molar-refractivity contribution in [2.75, 3.05) is 6.54 Å². The molecule has 2 heteroatoms. The summed E-state index contributed by atoms with van der Waals surface area (Å²) in [6.07, 6.45) is 0.748. The van der Waals surface area contributed by atoms with Gasteiger partial charge < -0.3 is 0 Å². The number of hydrogen-bond acceptors (Lipinski definition) is 2. The van der Waals surface area contributed by atoms with Gasteiger partial charge in [0.2, 0.25) is 0 Å². The first kappa shape index (κ1) is 11.6. The van der Waals surface area contributed by atoms with Crippen LogP contribution in [0, 0.1) is 0 Å². The van der Waals surface area contributed by atoms with Gasteiger partial charge in [-0.3, -0.25) is 9.69 Å². The van der Waals surface area contributed by atoms with Gasteiger partial charge in [0, 0.05) is 18.5 Å². The van der Waals surface area contributed by atoms with Crippen molar-refractivity contribution in [2.45, 2.75) is 53.1 Å². The lowest BCUT2D eigenvalue weighted by Gasteiger charge is -2.23. The Morgan fingerprint density at radius 3 is 2.08 bits per heavy atom. The second-order valence-corrected chi connectivity index (χ2v) is 3.36. The van der Waals surface area contributed by atoms with Gasteiger partial charge in [-0.15, -0.1) is 0 Å². The quantitative estimate of drug-likeness (QED) is 0.602. The number of carbonyl (C=O) groups excluding carboxylic acids is 1. The summed E-state index contributed by atoms with van der Waals surface area (Å²) in [5.41, 5.74) is 0. The summed E-state index contributed by atoms with van der Waals surface area (Å²) in [5, 5.41) is 0. The van der Waals surface area contributed by atoms with E-state index in [0.717, 1.165) is 6.42 Å². The molecule has 0 bridgehead atoms. The zero-order valence-electron chi connectivity index (χ0n) is 8.92. The highest BCUT2D eigenvalue weighted by atomic mass is 16.1. The third-order valence-electron chi connectivity index (χ3n) is 2.11. The molecule has 0 aromatic rings. The summed E-state index contributed by atoms with van der Waals surface area (Å²) in [5.74, 6) is 0.390. The molecule has 0 aliphatic carbocycles. The minimum atomic E-state index is 0.390.